The van der Waals surface area contributed by atoms with E-state index in [1.54, 1.807) is 0 Å². The van der Waals surface area contributed by atoms with Gasteiger partial charge in [-0.15, -0.1) is 22.2 Å². The first-order chi connectivity index (χ1) is 7.67. The molecule has 0 spiro atoms. The lowest BCUT2D eigenvalue weighted by molar-refractivity contribution is -0.334. The Morgan fingerprint density at radius 1 is 1.00 bits per heavy atom. The molecule has 0 heterocycles. The minimum Gasteiger partial charge on any atom is -0.379 e. The Balaban J connectivity index is 5.23. The summed E-state index contributed by atoms with van der Waals surface area (Å²) in [5.74, 6) is -6.31. The monoisotopic (exact) mass is 340 g/mol. The van der Waals surface area contributed by atoms with E-state index in [4.69, 9.17) is 22.2 Å². The maximum Gasteiger partial charge on any atom is 0.459 e. The van der Waals surface area contributed by atoms with Gasteiger partial charge in [-0.25, -0.2) is 8.78 Å². The number of alkyl halides is 7. The number of rotatable bonds is 5. The highest BCUT2D eigenvalue weighted by molar-refractivity contribution is 7.46. The molecule has 0 rings (SSSR count). The Hall–Kier alpha value is 0.267. The average molecular weight is 341 g/mol. The van der Waals surface area contributed by atoms with Crippen LogP contribution in [0.2, 0.25) is 0 Å². The first kappa shape index (κ1) is 18.3. The Morgan fingerprint density at radius 3 is 1.67 bits per heavy atom. The molecule has 0 fully saturated rings. The molecule has 0 atom stereocenters. The number of hydrogen-bond donors (Lipinski definition) is 0. The third kappa shape index (κ3) is 3.43. The van der Waals surface area contributed by atoms with Crippen LogP contribution < -0.4 is 0 Å². The van der Waals surface area contributed by atoms with Gasteiger partial charge in [0.25, 0.3) is 0 Å². The predicted molar refractivity (Wildman–Crippen MR) is 54.5 cm³/mol. The van der Waals surface area contributed by atoms with E-state index in [1.807, 2.05) is 0 Å². The fraction of sp³-hybridized carbons (Fsp3) is 1.00. The summed E-state index contributed by atoms with van der Waals surface area (Å²) < 4.78 is 91.9. The largest absolute Gasteiger partial charge is 0.459 e. The van der Waals surface area contributed by atoms with Crippen molar-refractivity contribution in [3.63, 3.8) is 0 Å². The standard InChI is InChI=1S/C7H9Cl2F7OSi/c1-4(2)17-3-18(8,9)7(15,16)5(10,11)6(12,13)14/h4H,3H2,1-2H3. The number of ether oxygens (including phenoxy) is 1. The molecule has 0 aromatic heterocycles. The van der Waals surface area contributed by atoms with Gasteiger partial charge in [0, 0.05) is 0 Å². The van der Waals surface area contributed by atoms with Gasteiger partial charge in [0.15, 0.2) is 0 Å². The van der Waals surface area contributed by atoms with Gasteiger partial charge in [-0.2, -0.15) is 22.0 Å². The lowest BCUT2D eigenvalue weighted by atomic mass is 10.3. The molecule has 0 saturated carbocycles. The van der Waals surface area contributed by atoms with Crippen LogP contribution in [0, 0.1) is 0 Å². The zero-order chi connectivity index (χ0) is 15.0. The first-order valence-corrected chi connectivity index (χ1v) is 8.71. The van der Waals surface area contributed by atoms with Crippen LogP contribution in [-0.4, -0.2) is 36.7 Å². The highest BCUT2D eigenvalue weighted by Gasteiger charge is 2.80. The maximum absolute atomic E-state index is 13.2. The molecule has 110 valence electrons. The Bertz CT molecular complexity index is 292. The fourth-order valence-corrected chi connectivity index (χ4v) is 3.18. The molecule has 11 heteroatoms. The number of halogens is 9. The second-order valence-corrected chi connectivity index (χ2v) is 10.5. The Morgan fingerprint density at radius 2 is 1.39 bits per heavy atom. The molecule has 0 amide bonds. The second-order valence-electron chi connectivity index (χ2n) is 3.71. The van der Waals surface area contributed by atoms with E-state index in [9.17, 15) is 30.7 Å². The van der Waals surface area contributed by atoms with Gasteiger partial charge in [-0.05, 0) is 13.8 Å². The molecule has 0 unspecified atom stereocenters. The van der Waals surface area contributed by atoms with Crippen molar-refractivity contribution in [1.82, 2.24) is 0 Å². The minimum atomic E-state index is -6.45. The smallest absolute Gasteiger partial charge is 0.379 e. The van der Waals surface area contributed by atoms with Gasteiger partial charge < -0.3 is 4.74 Å². The van der Waals surface area contributed by atoms with Crippen LogP contribution in [0.5, 0.6) is 0 Å². The summed E-state index contributed by atoms with van der Waals surface area (Å²) in [6.07, 6.45) is -8.38. The summed E-state index contributed by atoms with van der Waals surface area (Å²) >= 11 is 10.0. The third-order valence-electron chi connectivity index (χ3n) is 1.81. The summed E-state index contributed by atoms with van der Waals surface area (Å²) in [7, 11) is 0. The van der Waals surface area contributed by atoms with Gasteiger partial charge in [0.1, 0.15) is 0 Å². The predicted octanol–water partition coefficient (Wildman–Crippen LogP) is 4.24. The quantitative estimate of drug-likeness (QED) is 0.413. The second kappa shape index (κ2) is 5.33. The Labute approximate surface area is 109 Å². The molecule has 0 N–H and O–H groups in total. The molecule has 0 saturated heterocycles. The van der Waals surface area contributed by atoms with Crippen LogP contribution in [0.15, 0.2) is 0 Å². The van der Waals surface area contributed by atoms with Crippen molar-refractivity contribution >= 4 is 28.9 Å². The molecule has 0 radical (unpaired) electrons. The van der Waals surface area contributed by atoms with Crippen LogP contribution in [0.25, 0.3) is 0 Å². The van der Waals surface area contributed by atoms with Crippen LogP contribution in [0.1, 0.15) is 13.8 Å². The molecule has 18 heavy (non-hydrogen) atoms. The summed E-state index contributed by atoms with van der Waals surface area (Å²) in [5.41, 5.74) is -5.60. The molecule has 1 nitrogen and oxygen atoms in total. The van der Waals surface area contributed by atoms with E-state index in [-0.39, 0.29) is 0 Å². The van der Waals surface area contributed by atoms with E-state index >= 15 is 0 Å². The first-order valence-electron chi connectivity index (χ1n) is 4.48. The van der Waals surface area contributed by atoms with Gasteiger partial charge in [-0.1, -0.05) is 0 Å². The molecule has 0 aliphatic rings. The van der Waals surface area contributed by atoms with Gasteiger partial charge in [0.2, 0.25) is 0 Å². The van der Waals surface area contributed by atoms with E-state index < -0.39 is 36.7 Å². The molecular weight excluding hydrogens is 332 g/mol. The minimum absolute atomic E-state index is 0.690. The summed E-state index contributed by atoms with van der Waals surface area (Å²) in [6, 6.07) is 0. The van der Waals surface area contributed by atoms with E-state index in [1.165, 1.54) is 13.8 Å². The molecule has 0 bridgehead atoms. The van der Waals surface area contributed by atoms with Crippen molar-refractivity contribution in [2.45, 2.75) is 37.6 Å². The van der Waals surface area contributed by atoms with Crippen molar-refractivity contribution in [1.29, 1.82) is 0 Å². The summed E-state index contributed by atoms with van der Waals surface area (Å²) in [4.78, 5) is 0. The highest BCUT2D eigenvalue weighted by Crippen LogP contribution is 2.52. The van der Waals surface area contributed by atoms with E-state index in [2.05, 4.69) is 4.74 Å². The van der Waals surface area contributed by atoms with Crippen LogP contribution in [0.4, 0.5) is 30.7 Å². The van der Waals surface area contributed by atoms with Crippen LogP contribution in [-0.2, 0) is 4.74 Å². The van der Waals surface area contributed by atoms with Crippen molar-refractivity contribution in [2.24, 2.45) is 0 Å². The molecule has 0 aromatic rings. The summed E-state index contributed by atoms with van der Waals surface area (Å²) in [6.45, 7) is -2.60. The highest BCUT2D eigenvalue weighted by atomic mass is 35.7. The van der Waals surface area contributed by atoms with Gasteiger partial charge in [0.05, 0.1) is 12.3 Å². The van der Waals surface area contributed by atoms with Crippen molar-refractivity contribution in [3.05, 3.63) is 0 Å². The van der Waals surface area contributed by atoms with Crippen molar-refractivity contribution in [3.8, 4) is 0 Å². The number of hydrogen-bond acceptors (Lipinski definition) is 1. The molecule has 0 aliphatic heterocycles. The molecular formula is C7H9Cl2F7OSi. The van der Waals surface area contributed by atoms with Crippen molar-refractivity contribution < 1.29 is 35.5 Å². The van der Waals surface area contributed by atoms with Gasteiger partial charge in [-0.3, -0.25) is 0 Å². The van der Waals surface area contributed by atoms with Crippen LogP contribution >= 0.6 is 22.2 Å². The molecule has 0 aromatic carbocycles. The lowest BCUT2D eigenvalue weighted by Gasteiger charge is -2.34. The van der Waals surface area contributed by atoms with E-state index in [0.29, 0.717) is 0 Å². The average Bonchev–Trinajstić information content (AvgIpc) is 2.12. The zero-order valence-corrected chi connectivity index (χ0v) is 11.6. The fourth-order valence-electron chi connectivity index (χ4n) is 0.770. The van der Waals surface area contributed by atoms with Gasteiger partial charge >= 0.3 is 24.3 Å². The normalized spacial score (nSPS) is 15.3. The van der Waals surface area contributed by atoms with Crippen LogP contribution in [0.3, 0.4) is 0 Å². The lowest BCUT2D eigenvalue weighted by Crippen LogP contribution is -2.64. The summed E-state index contributed by atoms with van der Waals surface area (Å²) in [5, 5.41) is 0. The zero-order valence-electron chi connectivity index (χ0n) is 9.09. The molecule has 0 aliphatic carbocycles. The topological polar surface area (TPSA) is 9.23 Å². The van der Waals surface area contributed by atoms with Crippen molar-refractivity contribution in [2.75, 3.05) is 6.23 Å². The Kier molecular flexibility index (Phi) is 5.41. The SMILES string of the molecule is CC(C)OC[Si](Cl)(Cl)C(F)(F)C(F)(F)C(F)(F)F. The third-order valence-corrected chi connectivity index (χ3v) is 5.65. The van der Waals surface area contributed by atoms with E-state index in [0.717, 1.165) is 0 Å². The maximum atomic E-state index is 13.2.